The Morgan fingerprint density at radius 2 is 2.00 bits per heavy atom. The predicted octanol–water partition coefficient (Wildman–Crippen LogP) is 3.60. The van der Waals surface area contributed by atoms with Crippen molar-refractivity contribution in [3.8, 4) is 0 Å². The van der Waals surface area contributed by atoms with Crippen LogP contribution in [-0.2, 0) is 4.74 Å². The topological polar surface area (TPSA) is 72.7 Å². The van der Waals surface area contributed by atoms with Crippen LogP contribution in [0.3, 0.4) is 0 Å². The molecule has 1 amide bonds. The first-order valence-electron chi connectivity index (χ1n) is 7.56. The Morgan fingerprint density at radius 1 is 1.28 bits per heavy atom. The fourth-order valence-electron chi connectivity index (χ4n) is 2.72. The maximum atomic E-state index is 13.1. The molecule has 130 valence electrons. The second kappa shape index (κ2) is 7.16. The van der Waals surface area contributed by atoms with Crippen LogP contribution < -0.4 is 0 Å². The Hall–Kier alpha value is -2.51. The average Bonchev–Trinajstić information content (AvgIpc) is 2.62. The first kappa shape index (κ1) is 17.3. The molecule has 1 saturated heterocycles. The number of hydrogen-bond donors (Lipinski definition) is 0. The molecule has 3 rings (SSSR count). The van der Waals surface area contributed by atoms with Gasteiger partial charge in [-0.3, -0.25) is 14.9 Å². The van der Waals surface area contributed by atoms with Gasteiger partial charge >= 0.3 is 0 Å². The molecular formula is C17H14ClFN2O4. The summed E-state index contributed by atoms with van der Waals surface area (Å²) >= 11 is 5.79. The van der Waals surface area contributed by atoms with E-state index in [0.29, 0.717) is 6.54 Å². The van der Waals surface area contributed by atoms with E-state index in [4.69, 9.17) is 16.3 Å². The maximum Gasteiger partial charge on any atom is 0.283 e. The highest BCUT2D eigenvalue weighted by molar-refractivity contribution is 6.31. The van der Waals surface area contributed by atoms with Gasteiger partial charge in [-0.1, -0.05) is 23.7 Å². The van der Waals surface area contributed by atoms with Crippen LogP contribution in [-0.4, -0.2) is 35.4 Å². The van der Waals surface area contributed by atoms with Crippen LogP contribution in [0.4, 0.5) is 10.1 Å². The number of carbonyl (C=O) groups is 1. The summed E-state index contributed by atoms with van der Waals surface area (Å²) in [4.78, 5) is 24.8. The molecule has 6 nitrogen and oxygen atoms in total. The zero-order valence-electron chi connectivity index (χ0n) is 13.0. The normalized spacial score (nSPS) is 17.4. The molecule has 0 radical (unpaired) electrons. The van der Waals surface area contributed by atoms with Gasteiger partial charge in [0, 0.05) is 17.6 Å². The van der Waals surface area contributed by atoms with Crippen molar-refractivity contribution in [2.24, 2.45) is 0 Å². The average molecular weight is 365 g/mol. The van der Waals surface area contributed by atoms with Crippen LogP contribution in [0.2, 0.25) is 5.02 Å². The number of halogens is 2. The van der Waals surface area contributed by atoms with Gasteiger partial charge < -0.3 is 9.64 Å². The third kappa shape index (κ3) is 3.78. The number of nitro groups is 1. The quantitative estimate of drug-likeness (QED) is 0.616. The first-order chi connectivity index (χ1) is 12.0. The standard InChI is InChI=1S/C17H14ClFN2O4/c18-12-3-6-14(15(9-12)21(23)24)17(22)20-7-8-25-16(10-20)11-1-4-13(19)5-2-11/h1-6,9,16H,7-8,10H2. The van der Waals surface area contributed by atoms with Gasteiger partial charge in [0.2, 0.25) is 0 Å². The van der Waals surface area contributed by atoms with E-state index in [9.17, 15) is 19.3 Å². The van der Waals surface area contributed by atoms with E-state index in [1.165, 1.54) is 29.2 Å². The molecule has 2 aromatic rings. The molecule has 0 saturated carbocycles. The van der Waals surface area contributed by atoms with Gasteiger partial charge in [-0.25, -0.2) is 4.39 Å². The third-order valence-corrected chi connectivity index (χ3v) is 4.22. The lowest BCUT2D eigenvalue weighted by Crippen LogP contribution is -2.42. The van der Waals surface area contributed by atoms with Gasteiger partial charge in [-0.15, -0.1) is 0 Å². The Bertz CT molecular complexity index is 813. The van der Waals surface area contributed by atoms with Crippen molar-refractivity contribution < 1.29 is 18.8 Å². The Kier molecular flexibility index (Phi) is 4.96. The molecule has 1 atom stereocenters. The van der Waals surface area contributed by atoms with E-state index in [0.717, 1.165) is 11.6 Å². The summed E-state index contributed by atoms with van der Waals surface area (Å²) in [7, 11) is 0. The lowest BCUT2D eigenvalue weighted by Gasteiger charge is -2.33. The molecule has 1 unspecified atom stereocenters. The third-order valence-electron chi connectivity index (χ3n) is 3.98. The van der Waals surface area contributed by atoms with Crippen molar-refractivity contribution in [3.05, 3.63) is 74.5 Å². The fourth-order valence-corrected chi connectivity index (χ4v) is 2.89. The number of morpholine rings is 1. The van der Waals surface area contributed by atoms with E-state index in [-0.39, 0.29) is 35.2 Å². The van der Waals surface area contributed by atoms with E-state index >= 15 is 0 Å². The van der Waals surface area contributed by atoms with Gasteiger partial charge in [-0.2, -0.15) is 0 Å². The van der Waals surface area contributed by atoms with Gasteiger partial charge in [0.25, 0.3) is 11.6 Å². The van der Waals surface area contributed by atoms with Crippen LogP contribution in [0.5, 0.6) is 0 Å². The van der Waals surface area contributed by atoms with E-state index in [1.54, 1.807) is 12.1 Å². The predicted molar refractivity (Wildman–Crippen MR) is 89.1 cm³/mol. The van der Waals surface area contributed by atoms with Gasteiger partial charge in [0.15, 0.2) is 0 Å². The fraction of sp³-hybridized carbons (Fsp3) is 0.235. The summed E-state index contributed by atoms with van der Waals surface area (Å²) in [5.41, 5.74) is 0.390. The highest BCUT2D eigenvalue weighted by atomic mass is 35.5. The van der Waals surface area contributed by atoms with E-state index < -0.39 is 16.9 Å². The monoisotopic (exact) mass is 364 g/mol. The van der Waals surface area contributed by atoms with Crippen molar-refractivity contribution in [3.63, 3.8) is 0 Å². The minimum atomic E-state index is -0.628. The SMILES string of the molecule is O=C(c1ccc(Cl)cc1[N+](=O)[O-])N1CCOC(c2ccc(F)cc2)C1. The van der Waals surface area contributed by atoms with Gasteiger partial charge in [0.05, 0.1) is 18.1 Å². The summed E-state index contributed by atoms with van der Waals surface area (Å²) in [6, 6.07) is 9.79. The smallest absolute Gasteiger partial charge is 0.283 e. The molecule has 8 heteroatoms. The summed E-state index contributed by atoms with van der Waals surface area (Å²) in [6.45, 7) is 0.829. The van der Waals surface area contributed by atoms with Crippen LogP contribution >= 0.6 is 11.6 Å². The van der Waals surface area contributed by atoms with Crippen LogP contribution in [0.25, 0.3) is 0 Å². The number of hydrogen-bond acceptors (Lipinski definition) is 4. The summed E-state index contributed by atoms with van der Waals surface area (Å²) in [5, 5.41) is 11.4. The number of ether oxygens (including phenoxy) is 1. The van der Waals surface area contributed by atoms with Crippen molar-refractivity contribution >= 4 is 23.2 Å². The maximum absolute atomic E-state index is 13.1. The number of carbonyl (C=O) groups excluding carboxylic acids is 1. The largest absolute Gasteiger partial charge is 0.370 e. The zero-order chi connectivity index (χ0) is 18.0. The number of benzene rings is 2. The molecule has 0 bridgehead atoms. The lowest BCUT2D eigenvalue weighted by atomic mass is 10.1. The van der Waals surface area contributed by atoms with Crippen molar-refractivity contribution in [1.82, 2.24) is 4.90 Å². The number of nitrogens with zero attached hydrogens (tertiary/aromatic N) is 2. The molecule has 0 aliphatic carbocycles. The summed E-state index contributed by atoms with van der Waals surface area (Å²) in [6.07, 6.45) is -0.412. The Morgan fingerprint density at radius 3 is 2.68 bits per heavy atom. The molecule has 1 aliphatic heterocycles. The molecule has 2 aromatic carbocycles. The first-order valence-corrected chi connectivity index (χ1v) is 7.94. The molecule has 1 aliphatic rings. The second-order valence-electron chi connectivity index (χ2n) is 5.58. The van der Waals surface area contributed by atoms with Crippen LogP contribution in [0.1, 0.15) is 22.0 Å². The zero-order valence-corrected chi connectivity index (χ0v) is 13.8. The minimum Gasteiger partial charge on any atom is -0.370 e. The van der Waals surface area contributed by atoms with E-state index in [2.05, 4.69) is 0 Å². The number of amides is 1. The Balaban J connectivity index is 1.83. The van der Waals surface area contributed by atoms with E-state index in [1.807, 2.05) is 0 Å². The Labute approximate surface area is 147 Å². The van der Waals surface area contributed by atoms with Crippen LogP contribution in [0, 0.1) is 15.9 Å². The molecule has 1 fully saturated rings. The summed E-state index contributed by atoms with van der Waals surface area (Å²) in [5.74, 6) is -0.817. The molecular weight excluding hydrogens is 351 g/mol. The van der Waals surface area contributed by atoms with Crippen molar-refractivity contribution in [2.75, 3.05) is 19.7 Å². The number of nitro benzene ring substituents is 1. The molecule has 0 spiro atoms. The minimum absolute atomic E-state index is 0.0193. The molecule has 25 heavy (non-hydrogen) atoms. The van der Waals surface area contributed by atoms with Gasteiger partial charge in [-0.05, 0) is 29.8 Å². The second-order valence-corrected chi connectivity index (χ2v) is 6.02. The molecule has 0 N–H and O–H groups in total. The van der Waals surface area contributed by atoms with Crippen molar-refractivity contribution in [1.29, 1.82) is 0 Å². The molecule has 0 aromatic heterocycles. The highest BCUT2D eigenvalue weighted by Crippen LogP contribution is 2.27. The van der Waals surface area contributed by atoms with Crippen molar-refractivity contribution in [2.45, 2.75) is 6.10 Å². The lowest BCUT2D eigenvalue weighted by molar-refractivity contribution is -0.385. The number of rotatable bonds is 3. The highest BCUT2D eigenvalue weighted by Gasteiger charge is 2.30. The van der Waals surface area contributed by atoms with Gasteiger partial charge in [0.1, 0.15) is 17.5 Å². The molecule has 1 heterocycles. The van der Waals surface area contributed by atoms with Crippen LogP contribution in [0.15, 0.2) is 42.5 Å². The summed E-state index contributed by atoms with van der Waals surface area (Å²) < 4.78 is 18.7.